The summed E-state index contributed by atoms with van der Waals surface area (Å²) < 4.78 is 0. The molecule has 1 N–H and O–H groups in total. The van der Waals surface area contributed by atoms with Gasteiger partial charge in [-0.05, 0) is 6.42 Å². The highest BCUT2D eigenvalue weighted by atomic mass is 32.1. The fourth-order valence-corrected chi connectivity index (χ4v) is 1.46. The third kappa shape index (κ3) is 2.31. The van der Waals surface area contributed by atoms with E-state index in [0.717, 1.165) is 4.88 Å². The Kier molecular flexibility index (Phi) is 2.59. The monoisotopic (exact) mass is 171 g/mol. The van der Waals surface area contributed by atoms with Crippen molar-refractivity contribution >= 4 is 17.3 Å². The molecule has 3 nitrogen and oxygen atoms in total. The number of hydrogen-bond donors (Lipinski definition) is 1. The Bertz CT molecular complexity index is 233. The molecule has 60 valence electrons. The molecule has 11 heavy (non-hydrogen) atoms. The van der Waals surface area contributed by atoms with Crippen molar-refractivity contribution in [2.24, 2.45) is 5.92 Å². The van der Waals surface area contributed by atoms with Crippen LogP contribution in [0.25, 0.3) is 0 Å². The van der Waals surface area contributed by atoms with Crippen LogP contribution in [0.3, 0.4) is 0 Å². The maximum atomic E-state index is 10.4. The molecule has 0 aliphatic rings. The molecule has 0 saturated carbocycles. The third-order valence-electron chi connectivity index (χ3n) is 1.41. The molecule has 0 unspecified atom stereocenters. The number of aliphatic carboxylic acids is 1. The molecule has 0 fully saturated rings. The summed E-state index contributed by atoms with van der Waals surface area (Å²) in [6, 6.07) is 0. The summed E-state index contributed by atoms with van der Waals surface area (Å²) in [6.07, 6.45) is 2.30. The highest BCUT2D eigenvalue weighted by Gasteiger charge is 2.11. The Balaban J connectivity index is 2.50. The highest BCUT2D eigenvalue weighted by Crippen LogP contribution is 2.12. The van der Waals surface area contributed by atoms with Gasteiger partial charge >= 0.3 is 5.97 Å². The normalized spacial score (nSPS) is 12.8. The molecule has 0 bridgehead atoms. The molecule has 0 aromatic carbocycles. The second kappa shape index (κ2) is 3.48. The minimum absolute atomic E-state index is 0.310. The van der Waals surface area contributed by atoms with E-state index < -0.39 is 5.97 Å². The van der Waals surface area contributed by atoms with E-state index in [1.165, 1.54) is 11.3 Å². The Morgan fingerprint density at radius 2 is 2.64 bits per heavy atom. The minimum atomic E-state index is -0.751. The molecule has 1 heterocycles. The molecular weight excluding hydrogens is 162 g/mol. The van der Waals surface area contributed by atoms with Crippen molar-refractivity contribution in [2.75, 3.05) is 0 Å². The van der Waals surface area contributed by atoms with Crippen LogP contribution in [0.5, 0.6) is 0 Å². The van der Waals surface area contributed by atoms with Crippen LogP contribution in [0.15, 0.2) is 11.7 Å². The predicted molar refractivity (Wildman–Crippen MR) is 42.6 cm³/mol. The van der Waals surface area contributed by atoms with Gasteiger partial charge in [-0.15, -0.1) is 11.3 Å². The van der Waals surface area contributed by atoms with E-state index in [0.29, 0.717) is 6.42 Å². The van der Waals surface area contributed by atoms with Crippen LogP contribution in [0.2, 0.25) is 0 Å². The van der Waals surface area contributed by atoms with Crippen LogP contribution in [-0.4, -0.2) is 16.1 Å². The van der Waals surface area contributed by atoms with Gasteiger partial charge in [-0.25, -0.2) is 0 Å². The number of hydrogen-bond acceptors (Lipinski definition) is 3. The van der Waals surface area contributed by atoms with Crippen molar-refractivity contribution in [2.45, 2.75) is 13.3 Å². The van der Waals surface area contributed by atoms with Crippen molar-refractivity contribution in [3.05, 3.63) is 16.6 Å². The minimum Gasteiger partial charge on any atom is -0.481 e. The van der Waals surface area contributed by atoms with Gasteiger partial charge in [-0.2, -0.15) is 0 Å². The van der Waals surface area contributed by atoms with Crippen molar-refractivity contribution in [1.82, 2.24) is 4.98 Å². The number of carbonyl (C=O) groups is 1. The Morgan fingerprint density at radius 1 is 1.91 bits per heavy atom. The summed E-state index contributed by atoms with van der Waals surface area (Å²) in [5, 5.41) is 8.57. The molecule has 1 atom stereocenters. The number of rotatable bonds is 3. The zero-order valence-electron chi connectivity index (χ0n) is 6.15. The lowest BCUT2D eigenvalue weighted by atomic mass is 10.1. The van der Waals surface area contributed by atoms with Gasteiger partial charge in [0.15, 0.2) is 0 Å². The van der Waals surface area contributed by atoms with E-state index in [-0.39, 0.29) is 5.92 Å². The van der Waals surface area contributed by atoms with E-state index in [2.05, 4.69) is 4.98 Å². The van der Waals surface area contributed by atoms with Crippen molar-refractivity contribution in [1.29, 1.82) is 0 Å². The van der Waals surface area contributed by atoms with Gasteiger partial charge in [0.25, 0.3) is 0 Å². The average Bonchev–Trinajstić information content (AvgIpc) is 2.39. The van der Waals surface area contributed by atoms with E-state index in [1.54, 1.807) is 18.6 Å². The summed E-state index contributed by atoms with van der Waals surface area (Å²) in [4.78, 5) is 15.3. The van der Waals surface area contributed by atoms with Crippen molar-refractivity contribution < 1.29 is 9.90 Å². The number of nitrogens with zero attached hydrogens (tertiary/aromatic N) is 1. The van der Waals surface area contributed by atoms with Crippen LogP contribution in [0.4, 0.5) is 0 Å². The molecule has 0 radical (unpaired) electrons. The lowest BCUT2D eigenvalue weighted by molar-refractivity contribution is -0.141. The molecule has 1 rings (SSSR count). The quantitative estimate of drug-likeness (QED) is 0.748. The van der Waals surface area contributed by atoms with Gasteiger partial charge in [-0.3, -0.25) is 9.78 Å². The zero-order chi connectivity index (χ0) is 8.27. The molecule has 1 aromatic rings. The van der Waals surface area contributed by atoms with Crippen LogP contribution >= 0.6 is 11.3 Å². The SMILES string of the molecule is C[C@H](Cc1cncs1)C(=O)O. The first kappa shape index (κ1) is 8.20. The third-order valence-corrected chi connectivity index (χ3v) is 2.21. The van der Waals surface area contributed by atoms with Crippen LogP contribution in [0.1, 0.15) is 11.8 Å². The van der Waals surface area contributed by atoms with Gasteiger partial charge in [0.05, 0.1) is 11.4 Å². The largest absolute Gasteiger partial charge is 0.481 e. The molecule has 0 aliphatic heterocycles. The predicted octanol–water partition coefficient (Wildman–Crippen LogP) is 1.41. The summed E-state index contributed by atoms with van der Waals surface area (Å²) in [7, 11) is 0. The van der Waals surface area contributed by atoms with Gasteiger partial charge < -0.3 is 5.11 Å². The Hall–Kier alpha value is -0.900. The molecule has 4 heteroatoms. The number of aromatic nitrogens is 1. The van der Waals surface area contributed by atoms with Crippen molar-refractivity contribution in [3.63, 3.8) is 0 Å². The van der Waals surface area contributed by atoms with E-state index >= 15 is 0 Å². The Labute approximate surface area is 68.7 Å². The van der Waals surface area contributed by atoms with Crippen LogP contribution < -0.4 is 0 Å². The highest BCUT2D eigenvalue weighted by molar-refractivity contribution is 7.09. The topological polar surface area (TPSA) is 50.2 Å². The fraction of sp³-hybridized carbons (Fsp3) is 0.429. The summed E-state index contributed by atoms with van der Waals surface area (Å²) in [5.41, 5.74) is 1.71. The number of carboxylic acid groups (broad SMARTS) is 1. The van der Waals surface area contributed by atoms with E-state index in [1.807, 2.05) is 0 Å². The lowest BCUT2D eigenvalue weighted by Gasteiger charge is -2.01. The smallest absolute Gasteiger partial charge is 0.306 e. The van der Waals surface area contributed by atoms with Gasteiger partial charge in [0.2, 0.25) is 0 Å². The van der Waals surface area contributed by atoms with Crippen molar-refractivity contribution in [3.8, 4) is 0 Å². The molecule has 1 aromatic heterocycles. The van der Waals surface area contributed by atoms with Gasteiger partial charge in [-0.1, -0.05) is 6.92 Å². The summed E-state index contributed by atoms with van der Waals surface area (Å²) in [6.45, 7) is 1.70. The molecule has 0 spiro atoms. The first-order valence-electron chi connectivity index (χ1n) is 3.30. The Morgan fingerprint density at radius 3 is 3.09 bits per heavy atom. The first-order valence-corrected chi connectivity index (χ1v) is 4.18. The van der Waals surface area contributed by atoms with E-state index in [4.69, 9.17) is 5.11 Å². The molecule has 0 amide bonds. The van der Waals surface area contributed by atoms with E-state index in [9.17, 15) is 4.79 Å². The average molecular weight is 171 g/mol. The second-order valence-corrected chi connectivity index (χ2v) is 3.38. The molecular formula is C7H9NO2S. The molecule has 0 aliphatic carbocycles. The van der Waals surface area contributed by atoms with Crippen LogP contribution in [0, 0.1) is 5.92 Å². The number of thiazole rings is 1. The van der Waals surface area contributed by atoms with Gasteiger partial charge in [0, 0.05) is 11.1 Å². The fourth-order valence-electron chi connectivity index (χ4n) is 0.732. The van der Waals surface area contributed by atoms with Gasteiger partial charge in [0.1, 0.15) is 0 Å². The number of carboxylic acids is 1. The maximum absolute atomic E-state index is 10.4. The van der Waals surface area contributed by atoms with Crippen LogP contribution in [-0.2, 0) is 11.2 Å². The first-order chi connectivity index (χ1) is 5.20. The summed E-state index contributed by atoms with van der Waals surface area (Å²) in [5.74, 6) is -1.06. The zero-order valence-corrected chi connectivity index (χ0v) is 6.97. The maximum Gasteiger partial charge on any atom is 0.306 e. The second-order valence-electron chi connectivity index (χ2n) is 2.41. The lowest BCUT2D eigenvalue weighted by Crippen LogP contribution is -2.11. The summed E-state index contributed by atoms with van der Waals surface area (Å²) >= 11 is 1.49. The molecule has 0 saturated heterocycles. The standard InChI is InChI=1S/C7H9NO2S/c1-5(7(9)10)2-6-3-8-4-11-6/h3-5H,2H2,1H3,(H,9,10)/t5-/m1/s1.